The summed E-state index contributed by atoms with van der Waals surface area (Å²) in [6, 6.07) is 0. The van der Waals surface area contributed by atoms with Gasteiger partial charge < -0.3 is 14.6 Å². The quantitative estimate of drug-likeness (QED) is 0.692. The number of nitrogens with zero attached hydrogens (tertiary/aromatic N) is 5. The van der Waals surface area contributed by atoms with E-state index in [1.807, 2.05) is 38.6 Å². The Bertz CT molecular complexity index is 682. The molecule has 2 aromatic heterocycles. The van der Waals surface area contributed by atoms with Crippen molar-refractivity contribution < 1.29 is 9.53 Å². The van der Waals surface area contributed by atoms with E-state index in [0.717, 1.165) is 18.5 Å². The van der Waals surface area contributed by atoms with Crippen molar-refractivity contribution in [2.75, 3.05) is 18.9 Å². The highest BCUT2D eigenvalue weighted by Gasteiger charge is 2.19. The molecule has 0 aliphatic heterocycles. The summed E-state index contributed by atoms with van der Waals surface area (Å²) in [5.74, 6) is 1.54. The Morgan fingerprint density at radius 2 is 2.12 bits per heavy atom. The molecule has 0 saturated carbocycles. The van der Waals surface area contributed by atoms with Crippen molar-refractivity contribution in [1.29, 1.82) is 0 Å². The highest BCUT2D eigenvalue weighted by molar-refractivity contribution is 7.99. The Labute approximate surface area is 146 Å². The lowest BCUT2D eigenvalue weighted by Gasteiger charge is -2.05. The van der Waals surface area contributed by atoms with E-state index in [4.69, 9.17) is 4.74 Å². The Kier molecular flexibility index (Phi) is 6.65. The van der Waals surface area contributed by atoms with E-state index in [1.54, 1.807) is 4.68 Å². The first-order valence-electron chi connectivity index (χ1n) is 8.10. The Morgan fingerprint density at radius 1 is 1.33 bits per heavy atom. The highest BCUT2D eigenvalue weighted by Crippen LogP contribution is 2.29. The number of hydrogen-bond donors (Lipinski definition) is 1. The van der Waals surface area contributed by atoms with Crippen molar-refractivity contribution in [3.8, 4) is 17.3 Å². The van der Waals surface area contributed by atoms with Crippen molar-refractivity contribution in [2.24, 2.45) is 7.05 Å². The van der Waals surface area contributed by atoms with Crippen LogP contribution in [0.15, 0.2) is 11.4 Å². The minimum atomic E-state index is 0.000193. The van der Waals surface area contributed by atoms with Gasteiger partial charge in [0, 0.05) is 26.3 Å². The van der Waals surface area contributed by atoms with Crippen LogP contribution in [-0.2, 0) is 18.4 Å². The van der Waals surface area contributed by atoms with Crippen LogP contribution in [-0.4, -0.2) is 49.4 Å². The fraction of sp³-hybridized carbons (Fsp3) is 0.600. The molecule has 0 spiro atoms. The number of carbonyl (C=O) groups excluding carboxylic acids is 1. The third-order valence-electron chi connectivity index (χ3n) is 3.31. The SMILES string of the molecule is CCCNC(=O)CSc1nnc(-c2cn(CC)nc2OCC)n1C. The van der Waals surface area contributed by atoms with Crippen LogP contribution in [0.4, 0.5) is 0 Å². The molecule has 132 valence electrons. The first-order chi connectivity index (χ1) is 11.6. The second kappa shape index (κ2) is 8.72. The number of ether oxygens (including phenoxy) is 1. The van der Waals surface area contributed by atoms with Crippen LogP contribution < -0.4 is 10.1 Å². The lowest BCUT2D eigenvalue weighted by Crippen LogP contribution is -2.25. The van der Waals surface area contributed by atoms with Gasteiger partial charge in [0.15, 0.2) is 11.0 Å². The van der Waals surface area contributed by atoms with Crippen LogP contribution in [0.3, 0.4) is 0 Å². The third-order valence-corrected chi connectivity index (χ3v) is 4.33. The topological polar surface area (TPSA) is 86.9 Å². The Balaban J connectivity index is 2.15. The Morgan fingerprint density at radius 3 is 2.79 bits per heavy atom. The molecule has 0 saturated heterocycles. The molecule has 0 aliphatic rings. The monoisotopic (exact) mass is 352 g/mol. The molecule has 8 nitrogen and oxygen atoms in total. The van der Waals surface area contributed by atoms with Gasteiger partial charge in [0.25, 0.3) is 0 Å². The fourth-order valence-electron chi connectivity index (χ4n) is 2.08. The van der Waals surface area contributed by atoms with Gasteiger partial charge >= 0.3 is 0 Å². The summed E-state index contributed by atoms with van der Waals surface area (Å²) in [4.78, 5) is 11.7. The number of rotatable bonds is 9. The van der Waals surface area contributed by atoms with Crippen LogP contribution >= 0.6 is 11.8 Å². The predicted octanol–water partition coefficient (Wildman–Crippen LogP) is 1.72. The van der Waals surface area contributed by atoms with Crippen molar-refractivity contribution in [3.63, 3.8) is 0 Å². The number of thioether (sulfide) groups is 1. The summed E-state index contributed by atoms with van der Waals surface area (Å²) in [6.07, 6.45) is 2.82. The van der Waals surface area contributed by atoms with E-state index >= 15 is 0 Å². The second-order valence-corrected chi connectivity index (χ2v) is 6.08. The zero-order chi connectivity index (χ0) is 17.5. The van der Waals surface area contributed by atoms with Crippen molar-refractivity contribution in [3.05, 3.63) is 6.20 Å². The van der Waals surface area contributed by atoms with Crippen LogP contribution in [0.1, 0.15) is 27.2 Å². The molecule has 2 aromatic rings. The van der Waals surface area contributed by atoms with Crippen molar-refractivity contribution in [1.82, 2.24) is 29.9 Å². The molecule has 24 heavy (non-hydrogen) atoms. The molecule has 9 heteroatoms. The molecule has 1 N–H and O–H groups in total. The molecular formula is C15H24N6O2S. The van der Waals surface area contributed by atoms with Crippen LogP contribution in [0.25, 0.3) is 11.4 Å². The van der Waals surface area contributed by atoms with Gasteiger partial charge in [-0.25, -0.2) is 0 Å². The number of aryl methyl sites for hydroxylation is 1. The summed E-state index contributed by atoms with van der Waals surface area (Å²) in [6.45, 7) is 7.93. The average Bonchev–Trinajstić information content (AvgIpc) is 3.14. The fourth-order valence-corrected chi connectivity index (χ4v) is 2.82. The van der Waals surface area contributed by atoms with Gasteiger partial charge in [0.1, 0.15) is 5.56 Å². The average molecular weight is 352 g/mol. The molecule has 2 rings (SSSR count). The van der Waals surface area contributed by atoms with Gasteiger partial charge in [0.05, 0.1) is 12.4 Å². The van der Waals surface area contributed by atoms with Crippen molar-refractivity contribution >= 4 is 17.7 Å². The van der Waals surface area contributed by atoms with Gasteiger partial charge in [-0.1, -0.05) is 18.7 Å². The number of aromatic nitrogens is 5. The molecule has 2 heterocycles. The number of amides is 1. The van der Waals surface area contributed by atoms with Gasteiger partial charge in [-0.05, 0) is 20.3 Å². The van der Waals surface area contributed by atoms with Gasteiger partial charge in [-0.15, -0.1) is 15.3 Å². The summed E-state index contributed by atoms with van der Waals surface area (Å²) in [7, 11) is 1.88. The lowest BCUT2D eigenvalue weighted by atomic mass is 10.3. The molecule has 1 amide bonds. The minimum absolute atomic E-state index is 0.000193. The molecule has 0 fully saturated rings. The maximum Gasteiger partial charge on any atom is 0.243 e. The maximum absolute atomic E-state index is 11.7. The lowest BCUT2D eigenvalue weighted by molar-refractivity contribution is -0.118. The number of nitrogens with one attached hydrogen (secondary N) is 1. The normalized spacial score (nSPS) is 10.8. The highest BCUT2D eigenvalue weighted by atomic mass is 32.2. The molecule has 0 unspecified atom stereocenters. The van der Waals surface area contributed by atoms with E-state index in [2.05, 4.69) is 20.6 Å². The Hall–Kier alpha value is -2.03. The first-order valence-corrected chi connectivity index (χ1v) is 9.08. The smallest absolute Gasteiger partial charge is 0.243 e. The number of carbonyl (C=O) groups is 1. The molecule has 0 atom stereocenters. The van der Waals surface area contributed by atoms with E-state index in [9.17, 15) is 4.79 Å². The summed E-state index contributed by atoms with van der Waals surface area (Å²) >= 11 is 1.36. The molecular weight excluding hydrogens is 328 g/mol. The van der Waals surface area contributed by atoms with Crippen LogP contribution in [0.2, 0.25) is 0 Å². The van der Waals surface area contributed by atoms with E-state index in [1.165, 1.54) is 11.8 Å². The standard InChI is InChI=1S/C15H24N6O2S/c1-5-8-16-12(22)10-24-15-18-17-13(20(15)4)11-9-21(6-2)19-14(11)23-7-3/h9H,5-8,10H2,1-4H3,(H,16,22). The molecule has 0 bridgehead atoms. The van der Waals surface area contributed by atoms with Gasteiger partial charge in [0.2, 0.25) is 11.8 Å². The molecule has 0 aliphatic carbocycles. The molecule has 0 aromatic carbocycles. The third kappa shape index (κ3) is 4.28. The predicted molar refractivity (Wildman–Crippen MR) is 93.1 cm³/mol. The van der Waals surface area contributed by atoms with Crippen LogP contribution in [0, 0.1) is 0 Å². The summed E-state index contributed by atoms with van der Waals surface area (Å²) < 4.78 is 9.26. The zero-order valence-corrected chi connectivity index (χ0v) is 15.4. The summed E-state index contributed by atoms with van der Waals surface area (Å²) in [5.41, 5.74) is 0.802. The number of hydrogen-bond acceptors (Lipinski definition) is 6. The summed E-state index contributed by atoms with van der Waals surface area (Å²) in [5, 5.41) is 16.4. The van der Waals surface area contributed by atoms with Gasteiger partial charge in [-0.2, -0.15) is 0 Å². The van der Waals surface area contributed by atoms with Crippen molar-refractivity contribution in [2.45, 2.75) is 38.9 Å². The zero-order valence-electron chi connectivity index (χ0n) is 14.6. The van der Waals surface area contributed by atoms with Crippen LogP contribution in [0.5, 0.6) is 5.88 Å². The maximum atomic E-state index is 11.7. The first kappa shape index (κ1) is 18.3. The van der Waals surface area contributed by atoms with Gasteiger partial charge in [-0.3, -0.25) is 9.48 Å². The minimum Gasteiger partial charge on any atom is -0.476 e. The van der Waals surface area contributed by atoms with E-state index < -0.39 is 0 Å². The largest absolute Gasteiger partial charge is 0.476 e. The van der Waals surface area contributed by atoms with E-state index in [-0.39, 0.29) is 5.91 Å². The van der Waals surface area contributed by atoms with E-state index in [0.29, 0.717) is 35.8 Å². The molecule has 0 radical (unpaired) electrons. The second-order valence-electron chi connectivity index (χ2n) is 5.14.